The summed E-state index contributed by atoms with van der Waals surface area (Å²) in [7, 11) is 1.67. The summed E-state index contributed by atoms with van der Waals surface area (Å²) in [6.07, 6.45) is 0.834. The molecule has 0 spiro atoms. The third-order valence-corrected chi connectivity index (χ3v) is 7.95. The molecule has 2 aromatic heterocycles. The van der Waals surface area contributed by atoms with Crippen molar-refractivity contribution in [1.29, 1.82) is 0 Å². The van der Waals surface area contributed by atoms with Crippen molar-refractivity contribution in [2.24, 2.45) is 0 Å². The highest BCUT2D eigenvalue weighted by atomic mass is 16.7. The van der Waals surface area contributed by atoms with Gasteiger partial charge in [-0.25, -0.2) is 4.68 Å². The number of methoxy groups -OCH3 is 1. The van der Waals surface area contributed by atoms with Gasteiger partial charge < -0.3 is 24.1 Å². The number of ether oxygens (including phenoxy) is 3. The summed E-state index contributed by atoms with van der Waals surface area (Å²) in [5, 5.41) is 13.8. The van der Waals surface area contributed by atoms with E-state index in [0.717, 1.165) is 49.4 Å². The molecule has 1 N–H and O–H groups in total. The van der Waals surface area contributed by atoms with Crippen LogP contribution in [0.25, 0.3) is 10.9 Å². The molecular weight excluding hydrogens is 498 g/mol. The fourth-order valence-corrected chi connectivity index (χ4v) is 5.29. The zero-order valence-corrected chi connectivity index (χ0v) is 22.7. The number of aromatic nitrogens is 5. The Kier molecular flexibility index (Phi) is 6.38. The van der Waals surface area contributed by atoms with Gasteiger partial charge in [-0.3, -0.25) is 9.69 Å². The van der Waals surface area contributed by atoms with E-state index in [9.17, 15) is 4.79 Å². The summed E-state index contributed by atoms with van der Waals surface area (Å²) in [4.78, 5) is 21.4. The quantitative estimate of drug-likeness (QED) is 0.384. The number of piperazine rings is 1. The minimum absolute atomic E-state index is 0.171. The fourth-order valence-electron chi connectivity index (χ4n) is 5.29. The van der Waals surface area contributed by atoms with Crippen molar-refractivity contribution >= 4 is 16.6 Å². The number of hydrogen-bond acceptors (Lipinski definition) is 9. The van der Waals surface area contributed by atoms with Gasteiger partial charge in [0.1, 0.15) is 11.8 Å². The minimum atomic E-state index is -0.428. The van der Waals surface area contributed by atoms with Crippen LogP contribution >= 0.6 is 0 Å². The van der Waals surface area contributed by atoms with Gasteiger partial charge >= 0.3 is 0 Å². The summed E-state index contributed by atoms with van der Waals surface area (Å²) >= 11 is 0. The summed E-state index contributed by atoms with van der Waals surface area (Å²) in [5.41, 5.74) is 1.94. The van der Waals surface area contributed by atoms with Crippen molar-refractivity contribution in [2.75, 3.05) is 45.0 Å². The second-order valence-corrected chi connectivity index (χ2v) is 10.6. The number of pyridine rings is 1. The fraction of sp³-hybridized carbons (Fsp3) is 0.429. The predicted octanol–water partition coefficient (Wildman–Crippen LogP) is 3.31. The van der Waals surface area contributed by atoms with E-state index in [-0.39, 0.29) is 17.9 Å². The number of nitrogens with one attached hydrogen (secondary N) is 1. The highest BCUT2D eigenvalue weighted by molar-refractivity contribution is 5.83. The number of aromatic amines is 1. The standard InChI is InChI=1S/C28H33N7O4/c1-5-28(2,3)35-26(30-31-32-35)25(34-12-10-33(11-13-34)19-6-8-20(37-4)9-7-19)21-14-18-15-23-24(39-17-38-23)16-22(18)29-27(21)36/h6-9,14-16,25H,5,10-13,17H2,1-4H3,(H,29,36). The third kappa shape index (κ3) is 4.56. The predicted molar refractivity (Wildman–Crippen MR) is 147 cm³/mol. The minimum Gasteiger partial charge on any atom is -0.497 e. The number of anilines is 1. The average Bonchev–Trinajstić information content (AvgIpc) is 3.63. The molecule has 2 aliphatic heterocycles. The smallest absolute Gasteiger partial charge is 0.253 e. The molecule has 0 bridgehead atoms. The van der Waals surface area contributed by atoms with Crippen LogP contribution in [0, 0.1) is 0 Å². The molecule has 4 aromatic rings. The first-order valence-corrected chi connectivity index (χ1v) is 13.3. The van der Waals surface area contributed by atoms with E-state index in [4.69, 9.17) is 14.2 Å². The van der Waals surface area contributed by atoms with E-state index in [1.165, 1.54) is 0 Å². The van der Waals surface area contributed by atoms with Crippen molar-refractivity contribution in [3.63, 3.8) is 0 Å². The van der Waals surface area contributed by atoms with Crippen molar-refractivity contribution < 1.29 is 14.2 Å². The molecule has 0 aliphatic carbocycles. The van der Waals surface area contributed by atoms with Gasteiger partial charge in [0.25, 0.3) is 5.56 Å². The lowest BCUT2D eigenvalue weighted by molar-refractivity contribution is 0.174. The molecule has 4 heterocycles. The molecule has 11 nitrogen and oxygen atoms in total. The number of rotatable bonds is 7. The Bertz CT molecular complexity index is 1540. The Hall–Kier alpha value is -4.12. The molecule has 1 atom stereocenters. The van der Waals surface area contributed by atoms with Gasteiger partial charge in [0, 0.05) is 48.9 Å². The van der Waals surface area contributed by atoms with Gasteiger partial charge in [0.2, 0.25) is 6.79 Å². The van der Waals surface area contributed by atoms with Crippen LogP contribution < -0.4 is 24.7 Å². The maximum absolute atomic E-state index is 13.6. The van der Waals surface area contributed by atoms with Crippen LogP contribution in [0.15, 0.2) is 47.3 Å². The average molecular weight is 532 g/mol. The zero-order chi connectivity index (χ0) is 27.1. The number of benzene rings is 2. The SMILES string of the molecule is CCC(C)(C)n1nnnc1C(c1cc2cc3c(cc2[nH]c1=O)OCO3)N1CCN(c2ccc(OC)cc2)CC1. The van der Waals surface area contributed by atoms with E-state index in [2.05, 4.69) is 63.2 Å². The summed E-state index contributed by atoms with van der Waals surface area (Å²) < 4.78 is 18.3. The Morgan fingerprint density at radius 1 is 1.05 bits per heavy atom. The van der Waals surface area contributed by atoms with Crippen molar-refractivity contribution in [2.45, 2.75) is 38.8 Å². The molecular formula is C28H33N7O4. The van der Waals surface area contributed by atoms with E-state index < -0.39 is 6.04 Å². The lowest BCUT2D eigenvalue weighted by Crippen LogP contribution is -2.49. The summed E-state index contributed by atoms with van der Waals surface area (Å²) in [5.74, 6) is 2.79. The van der Waals surface area contributed by atoms with Crippen LogP contribution in [0.5, 0.6) is 17.2 Å². The largest absolute Gasteiger partial charge is 0.497 e. The van der Waals surface area contributed by atoms with Crippen LogP contribution in [0.3, 0.4) is 0 Å². The molecule has 1 unspecified atom stereocenters. The molecule has 39 heavy (non-hydrogen) atoms. The van der Waals surface area contributed by atoms with Crippen LogP contribution in [-0.4, -0.2) is 70.2 Å². The van der Waals surface area contributed by atoms with E-state index in [1.807, 2.05) is 35.0 Å². The molecule has 2 aliphatic rings. The summed E-state index contributed by atoms with van der Waals surface area (Å²) in [6.45, 7) is 9.55. The van der Waals surface area contributed by atoms with Crippen LogP contribution in [0.2, 0.25) is 0 Å². The second-order valence-electron chi connectivity index (χ2n) is 10.6. The third-order valence-electron chi connectivity index (χ3n) is 7.95. The van der Waals surface area contributed by atoms with Crippen molar-refractivity contribution in [3.8, 4) is 17.2 Å². The highest BCUT2D eigenvalue weighted by Gasteiger charge is 2.36. The van der Waals surface area contributed by atoms with E-state index in [0.29, 0.717) is 28.4 Å². The molecule has 0 amide bonds. The zero-order valence-electron chi connectivity index (χ0n) is 22.7. The van der Waals surface area contributed by atoms with E-state index in [1.54, 1.807) is 7.11 Å². The Morgan fingerprint density at radius 3 is 2.46 bits per heavy atom. The molecule has 1 saturated heterocycles. The van der Waals surface area contributed by atoms with Crippen molar-refractivity contribution in [1.82, 2.24) is 30.1 Å². The highest BCUT2D eigenvalue weighted by Crippen LogP contribution is 2.37. The molecule has 204 valence electrons. The lowest BCUT2D eigenvalue weighted by atomic mass is 9.98. The van der Waals surface area contributed by atoms with Crippen LogP contribution in [0.4, 0.5) is 5.69 Å². The normalized spacial score (nSPS) is 16.6. The molecule has 6 rings (SSSR count). The molecule has 2 aromatic carbocycles. The Labute approximate surface area is 226 Å². The Morgan fingerprint density at radius 2 is 1.77 bits per heavy atom. The molecule has 0 saturated carbocycles. The topological polar surface area (TPSA) is 111 Å². The van der Waals surface area contributed by atoms with Crippen LogP contribution in [0.1, 0.15) is 44.6 Å². The number of tetrazole rings is 1. The van der Waals surface area contributed by atoms with Gasteiger partial charge in [-0.15, -0.1) is 5.10 Å². The second kappa shape index (κ2) is 9.88. The first-order chi connectivity index (χ1) is 18.9. The number of fused-ring (bicyclic) bond motifs is 2. The van der Waals surface area contributed by atoms with E-state index >= 15 is 0 Å². The lowest BCUT2D eigenvalue weighted by Gasteiger charge is -2.40. The number of hydrogen-bond donors (Lipinski definition) is 1. The molecule has 1 fully saturated rings. The first-order valence-electron chi connectivity index (χ1n) is 13.3. The number of nitrogens with zero attached hydrogens (tertiary/aromatic N) is 6. The van der Waals surface area contributed by atoms with Gasteiger partial charge in [0.15, 0.2) is 17.3 Å². The maximum Gasteiger partial charge on any atom is 0.253 e. The van der Waals surface area contributed by atoms with Gasteiger partial charge in [-0.05, 0) is 67.1 Å². The van der Waals surface area contributed by atoms with Crippen LogP contribution in [-0.2, 0) is 5.54 Å². The monoisotopic (exact) mass is 531 g/mol. The first kappa shape index (κ1) is 25.2. The summed E-state index contributed by atoms with van der Waals surface area (Å²) in [6, 6.07) is 13.3. The number of H-pyrrole nitrogens is 1. The van der Waals surface area contributed by atoms with Gasteiger partial charge in [-0.2, -0.15) is 0 Å². The van der Waals surface area contributed by atoms with Gasteiger partial charge in [0.05, 0.1) is 18.2 Å². The van der Waals surface area contributed by atoms with Gasteiger partial charge in [-0.1, -0.05) is 6.92 Å². The Balaban J connectivity index is 1.39. The van der Waals surface area contributed by atoms with Crippen molar-refractivity contribution in [3.05, 3.63) is 64.2 Å². The molecule has 11 heteroatoms. The molecule has 0 radical (unpaired) electrons. The maximum atomic E-state index is 13.6.